The molecule has 94 valence electrons. The molecule has 0 aromatic carbocycles. The average molecular weight is 235 g/mol. The second kappa shape index (κ2) is 6.07. The summed E-state index contributed by atoms with van der Waals surface area (Å²) < 4.78 is 5.48. The van der Waals surface area contributed by atoms with Crippen LogP contribution < -0.4 is 5.32 Å². The van der Waals surface area contributed by atoms with E-state index < -0.39 is 0 Å². The summed E-state index contributed by atoms with van der Waals surface area (Å²) in [6.07, 6.45) is 4.22. The van der Waals surface area contributed by atoms with Gasteiger partial charge in [-0.3, -0.25) is 0 Å². The van der Waals surface area contributed by atoms with Crippen molar-refractivity contribution in [3.8, 4) is 0 Å². The minimum atomic E-state index is 0.385. The molecule has 2 heterocycles. The quantitative estimate of drug-likeness (QED) is 0.864. The van der Waals surface area contributed by atoms with E-state index in [1.165, 1.54) is 5.56 Å². The minimum Gasteiger partial charge on any atom is -0.381 e. The molecule has 1 atom stereocenters. The van der Waals surface area contributed by atoms with Crippen molar-refractivity contribution in [2.45, 2.75) is 39.2 Å². The summed E-state index contributed by atoms with van der Waals surface area (Å²) in [5, 5.41) is 3.30. The van der Waals surface area contributed by atoms with E-state index in [0.717, 1.165) is 50.7 Å². The minimum absolute atomic E-state index is 0.385. The number of rotatable bonds is 4. The number of hydrogen-bond acceptors (Lipinski definition) is 4. The number of hydrogen-bond donors (Lipinski definition) is 1. The Morgan fingerprint density at radius 3 is 3.06 bits per heavy atom. The van der Waals surface area contributed by atoms with Crippen LogP contribution in [0.2, 0.25) is 0 Å². The van der Waals surface area contributed by atoms with Gasteiger partial charge in [-0.1, -0.05) is 6.92 Å². The van der Waals surface area contributed by atoms with Gasteiger partial charge in [0.2, 0.25) is 0 Å². The summed E-state index contributed by atoms with van der Waals surface area (Å²) in [5.74, 6) is 1.33. The third kappa shape index (κ3) is 3.23. The molecule has 1 unspecified atom stereocenters. The van der Waals surface area contributed by atoms with Crippen LogP contribution in [0.4, 0.5) is 0 Å². The molecule has 0 amide bonds. The van der Waals surface area contributed by atoms with E-state index in [0.29, 0.717) is 5.92 Å². The van der Waals surface area contributed by atoms with Gasteiger partial charge in [0.15, 0.2) is 0 Å². The number of nitrogens with zero attached hydrogens (tertiary/aromatic N) is 2. The van der Waals surface area contributed by atoms with Gasteiger partial charge in [0.05, 0.1) is 6.61 Å². The molecule has 0 spiro atoms. The van der Waals surface area contributed by atoms with E-state index in [9.17, 15) is 0 Å². The van der Waals surface area contributed by atoms with Crippen molar-refractivity contribution in [3.05, 3.63) is 23.3 Å². The van der Waals surface area contributed by atoms with Crippen molar-refractivity contribution in [1.82, 2.24) is 15.3 Å². The first-order valence-electron chi connectivity index (χ1n) is 6.42. The average Bonchev–Trinajstić information content (AvgIpc) is 2.38. The van der Waals surface area contributed by atoms with Gasteiger partial charge in [-0.25, -0.2) is 9.97 Å². The van der Waals surface area contributed by atoms with E-state index in [1.54, 1.807) is 0 Å². The topological polar surface area (TPSA) is 47.0 Å². The fraction of sp³-hybridized carbons (Fsp3) is 0.692. The van der Waals surface area contributed by atoms with Crippen LogP contribution in [0.5, 0.6) is 0 Å². The Morgan fingerprint density at radius 1 is 1.53 bits per heavy atom. The molecule has 1 saturated heterocycles. The van der Waals surface area contributed by atoms with Gasteiger partial charge in [0.25, 0.3) is 0 Å². The highest BCUT2D eigenvalue weighted by molar-refractivity contribution is 5.17. The molecule has 17 heavy (non-hydrogen) atoms. The van der Waals surface area contributed by atoms with Crippen molar-refractivity contribution in [2.75, 3.05) is 19.8 Å². The smallest absolute Gasteiger partial charge is 0.133 e. The third-order valence-corrected chi connectivity index (χ3v) is 3.19. The summed E-state index contributed by atoms with van der Waals surface area (Å²) in [4.78, 5) is 9.10. The number of aryl methyl sites for hydroxylation is 1. The Kier molecular flexibility index (Phi) is 4.45. The van der Waals surface area contributed by atoms with E-state index in [2.05, 4.69) is 29.1 Å². The molecule has 2 rings (SSSR count). The summed E-state index contributed by atoms with van der Waals surface area (Å²) in [6.45, 7) is 7.63. The summed E-state index contributed by atoms with van der Waals surface area (Å²) in [5.41, 5.74) is 2.27. The van der Waals surface area contributed by atoms with E-state index in [-0.39, 0.29) is 0 Å². The van der Waals surface area contributed by atoms with E-state index in [1.807, 2.05) is 6.20 Å². The molecule has 0 radical (unpaired) electrons. The predicted molar refractivity (Wildman–Crippen MR) is 66.9 cm³/mol. The van der Waals surface area contributed by atoms with Crippen LogP contribution in [0, 0.1) is 6.92 Å². The summed E-state index contributed by atoms with van der Waals surface area (Å²) in [6, 6.07) is 0. The normalized spacial score (nSPS) is 20.5. The van der Waals surface area contributed by atoms with Crippen molar-refractivity contribution >= 4 is 0 Å². The van der Waals surface area contributed by atoms with Crippen molar-refractivity contribution in [3.63, 3.8) is 0 Å². The van der Waals surface area contributed by atoms with Crippen LogP contribution in [0.3, 0.4) is 0 Å². The highest BCUT2D eigenvalue weighted by Crippen LogP contribution is 2.22. The van der Waals surface area contributed by atoms with Crippen molar-refractivity contribution in [1.29, 1.82) is 0 Å². The maximum Gasteiger partial charge on any atom is 0.133 e. The lowest BCUT2D eigenvalue weighted by Gasteiger charge is -2.21. The van der Waals surface area contributed by atoms with E-state index in [4.69, 9.17) is 4.74 Å². The molecule has 1 N–H and O–H groups in total. The van der Waals surface area contributed by atoms with Gasteiger partial charge in [0, 0.05) is 36.5 Å². The standard InChI is InChI=1S/C13H21N3O/c1-3-14-7-12-8-15-13(16-10(12)2)11-5-4-6-17-9-11/h8,11,14H,3-7,9H2,1-2H3. The zero-order valence-corrected chi connectivity index (χ0v) is 10.7. The zero-order valence-electron chi connectivity index (χ0n) is 10.7. The first kappa shape index (κ1) is 12.5. The molecule has 1 aromatic rings. The second-order valence-corrected chi connectivity index (χ2v) is 4.53. The van der Waals surface area contributed by atoms with Crippen LogP contribution in [0.15, 0.2) is 6.20 Å². The molecule has 0 saturated carbocycles. The van der Waals surface area contributed by atoms with E-state index >= 15 is 0 Å². The van der Waals surface area contributed by atoms with Gasteiger partial charge < -0.3 is 10.1 Å². The fourth-order valence-electron chi connectivity index (χ4n) is 2.08. The monoisotopic (exact) mass is 235 g/mol. The lowest BCUT2D eigenvalue weighted by molar-refractivity contribution is 0.0780. The highest BCUT2D eigenvalue weighted by atomic mass is 16.5. The predicted octanol–water partition coefficient (Wildman–Crippen LogP) is 1.79. The van der Waals surface area contributed by atoms with Gasteiger partial charge in [-0.05, 0) is 26.3 Å². The number of nitrogens with one attached hydrogen (secondary N) is 1. The molecular formula is C13H21N3O. The molecule has 1 fully saturated rings. The second-order valence-electron chi connectivity index (χ2n) is 4.53. The molecule has 1 aromatic heterocycles. The van der Waals surface area contributed by atoms with Crippen LogP contribution in [0.25, 0.3) is 0 Å². The molecule has 1 aliphatic heterocycles. The van der Waals surface area contributed by atoms with Crippen LogP contribution in [-0.2, 0) is 11.3 Å². The number of ether oxygens (including phenoxy) is 1. The Bertz CT molecular complexity index is 362. The Labute approximate surface area is 103 Å². The molecular weight excluding hydrogens is 214 g/mol. The highest BCUT2D eigenvalue weighted by Gasteiger charge is 2.19. The Balaban J connectivity index is 2.06. The lowest BCUT2D eigenvalue weighted by atomic mass is 10.0. The number of aromatic nitrogens is 2. The van der Waals surface area contributed by atoms with Crippen LogP contribution in [0.1, 0.15) is 42.8 Å². The molecule has 4 heteroatoms. The SMILES string of the molecule is CCNCc1cnc(C2CCCOC2)nc1C. The largest absolute Gasteiger partial charge is 0.381 e. The first-order chi connectivity index (χ1) is 8.31. The van der Waals surface area contributed by atoms with Crippen LogP contribution in [-0.4, -0.2) is 29.7 Å². The van der Waals surface area contributed by atoms with Gasteiger partial charge in [0.1, 0.15) is 5.82 Å². The first-order valence-corrected chi connectivity index (χ1v) is 6.42. The summed E-state index contributed by atoms with van der Waals surface area (Å²) in [7, 11) is 0. The van der Waals surface area contributed by atoms with Crippen molar-refractivity contribution in [2.24, 2.45) is 0 Å². The molecule has 0 bridgehead atoms. The fourth-order valence-corrected chi connectivity index (χ4v) is 2.08. The molecule has 4 nitrogen and oxygen atoms in total. The van der Waals surface area contributed by atoms with Crippen LogP contribution >= 0.6 is 0 Å². The zero-order chi connectivity index (χ0) is 12.1. The summed E-state index contributed by atoms with van der Waals surface area (Å²) >= 11 is 0. The third-order valence-electron chi connectivity index (χ3n) is 3.19. The Hall–Kier alpha value is -1.00. The molecule has 1 aliphatic rings. The Morgan fingerprint density at radius 2 is 2.41 bits per heavy atom. The van der Waals surface area contributed by atoms with Gasteiger partial charge >= 0.3 is 0 Å². The maximum absolute atomic E-state index is 5.48. The van der Waals surface area contributed by atoms with Gasteiger partial charge in [-0.2, -0.15) is 0 Å². The van der Waals surface area contributed by atoms with Crippen molar-refractivity contribution < 1.29 is 4.74 Å². The maximum atomic E-state index is 5.48. The molecule has 0 aliphatic carbocycles. The van der Waals surface area contributed by atoms with Gasteiger partial charge in [-0.15, -0.1) is 0 Å². The lowest BCUT2D eigenvalue weighted by Crippen LogP contribution is -2.19.